The number of aromatic nitrogens is 1. The molecule has 0 saturated heterocycles. The zero-order valence-electron chi connectivity index (χ0n) is 16.0. The lowest BCUT2D eigenvalue weighted by molar-refractivity contribution is 0.252. The zero-order valence-corrected chi connectivity index (χ0v) is 17.6. The topological polar surface area (TPSA) is 81.7 Å². The van der Waals surface area contributed by atoms with E-state index in [0.717, 1.165) is 20.5 Å². The van der Waals surface area contributed by atoms with Crippen LogP contribution in [0.3, 0.4) is 0 Å². The van der Waals surface area contributed by atoms with E-state index >= 15 is 0 Å². The molecule has 0 spiro atoms. The van der Waals surface area contributed by atoms with Gasteiger partial charge in [-0.05, 0) is 18.4 Å². The molecule has 0 atom stereocenters. The third-order valence-electron chi connectivity index (χ3n) is 3.96. The molecule has 0 aliphatic carbocycles. The van der Waals surface area contributed by atoms with Crippen LogP contribution in [0.1, 0.15) is 10.6 Å². The minimum Gasteiger partial charge on any atom is -0.493 e. The molecule has 3 aromatic rings. The molecular weight excluding hydrogens is 398 g/mol. The normalized spacial score (nSPS) is 10.4. The number of urea groups is 1. The maximum absolute atomic E-state index is 12.3. The number of thiophene rings is 1. The minimum absolute atomic E-state index is 0.334. The van der Waals surface area contributed by atoms with Crippen molar-refractivity contribution in [2.75, 3.05) is 26.6 Å². The van der Waals surface area contributed by atoms with Gasteiger partial charge in [-0.2, -0.15) is 0 Å². The molecule has 0 unspecified atom stereocenters. The number of hydrogen-bond donors (Lipinski definition) is 2. The van der Waals surface area contributed by atoms with Crippen LogP contribution in [-0.2, 0) is 6.54 Å². The zero-order chi connectivity index (χ0) is 20.1. The molecule has 28 heavy (non-hydrogen) atoms. The fourth-order valence-electron chi connectivity index (χ4n) is 2.59. The Kier molecular flexibility index (Phi) is 6.37. The van der Waals surface area contributed by atoms with Gasteiger partial charge < -0.3 is 24.8 Å². The summed E-state index contributed by atoms with van der Waals surface area (Å²) in [5.74, 6) is 1.41. The molecule has 0 bridgehead atoms. The fraction of sp³-hybridized carbons (Fsp3) is 0.263. The van der Waals surface area contributed by atoms with Crippen LogP contribution in [-0.4, -0.2) is 32.3 Å². The maximum atomic E-state index is 12.3. The Balaban J connectivity index is 1.66. The highest BCUT2D eigenvalue weighted by Crippen LogP contribution is 2.40. The molecule has 2 amide bonds. The average molecular weight is 420 g/mol. The van der Waals surface area contributed by atoms with Crippen LogP contribution in [0.15, 0.2) is 29.6 Å². The van der Waals surface area contributed by atoms with Crippen LogP contribution < -0.4 is 24.8 Å². The molecule has 9 heteroatoms. The Morgan fingerprint density at radius 1 is 1.14 bits per heavy atom. The minimum atomic E-state index is -0.334. The molecule has 2 aromatic heterocycles. The molecule has 3 rings (SSSR count). The monoisotopic (exact) mass is 419 g/mol. The molecule has 0 fully saturated rings. The summed E-state index contributed by atoms with van der Waals surface area (Å²) < 4.78 is 15.9. The van der Waals surface area contributed by atoms with Gasteiger partial charge in [0.05, 0.1) is 44.1 Å². The number of nitrogens with one attached hydrogen (secondary N) is 2. The van der Waals surface area contributed by atoms with Crippen LogP contribution in [0, 0.1) is 6.92 Å². The predicted octanol–water partition coefficient (Wildman–Crippen LogP) is 4.53. The van der Waals surface area contributed by atoms with E-state index in [-0.39, 0.29) is 6.03 Å². The van der Waals surface area contributed by atoms with Crippen molar-refractivity contribution < 1.29 is 19.0 Å². The van der Waals surface area contributed by atoms with E-state index in [4.69, 9.17) is 14.2 Å². The second kappa shape index (κ2) is 8.94. The summed E-state index contributed by atoms with van der Waals surface area (Å²) in [5.41, 5.74) is 1.45. The standard InChI is InChI=1S/C19H21N3O4S2/c1-11-16(28-18(21-11)15-6-5-7-27-15)10-20-19(23)22-12-8-13(24-2)17(26-4)14(9-12)25-3/h5-9H,10H2,1-4H3,(H2,20,22,23). The van der Waals surface area contributed by atoms with Crippen LogP contribution in [0.5, 0.6) is 17.2 Å². The summed E-state index contributed by atoms with van der Waals surface area (Å²) in [6.07, 6.45) is 0. The molecular formula is C19H21N3O4S2. The first kappa shape index (κ1) is 20.0. The quantitative estimate of drug-likeness (QED) is 0.588. The first-order valence-corrected chi connectivity index (χ1v) is 10.1. The van der Waals surface area contributed by atoms with Gasteiger partial charge in [-0.25, -0.2) is 9.78 Å². The Morgan fingerprint density at radius 2 is 1.86 bits per heavy atom. The fourth-order valence-corrected chi connectivity index (χ4v) is 4.39. The summed E-state index contributed by atoms with van der Waals surface area (Å²) in [4.78, 5) is 19.1. The Labute approximate surface area is 171 Å². The lowest BCUT2D eigenvalue weighted by Gasteiger charge is -2.14. The number of hydrogen-bond acceptors (Lipinski definition) is 7. The number of amides is 2. The SMILES string of the molecule is COc1cc(NC(=O)NCc2sc(-c3cccs3)nc2C)cc(OC)c1OC. The van der Waals surface area contributed by atoms with Crippen molar-refractivity contribution in [2.24, 2.45) is 0 Å². The van der Waals surface area contributed by atoms with Gasteiger partial charge >= 0.3 is 6.03 Å². The number of aryl methyl sites for hydroxylation is 1. The Bertz CT molecular complexity index is 929. The van der Waals surface area contributed by atoms with Crippen LogP contribution >= 0.6 is 22.7 Å². The number of nitrogens with zero attached hydrogens (tertiary/aromatic N) is 1. The molecule has 0 aliphatic heterocycles. The number of benzene rings is 1. The van der Waals surface area contributed by atoms with E-state index in [1.165, 1.54) is 21.3 Å². The smallest absolute Gasteiger partial charge is 0.319 e. The van der Waals surface area contributed by atoms with Crippen LogP contribution in [0.25, 0.3) is 9.88 Å². The second-order valence-corrected chi connectivity index (χ2v) is 7.76. The van der Waals surface area contributed by atoms with Crippen molar-refractivity contribution in [1.82, 2.24) is 10.3 Å². The van der Waals surface area contributed by atoms with Gasteiger partial charge in [0.15, 0.2) is 11.5 Å². The summed E-state index contributed by atoms with van der Waals surface area (Å²) in [7, 11) is 4.58. The maximum Gasteiger partial charge on any atom is 0.319 e. The van der Waals surface area contributed by atoms with E-state index in [1.807, 2.05) is 24.4 Å². The van der Waals surface area contributed by atoms with Gasteiger partial charge in [-0.1, -0.05) is 6.07 Å². The molecule has 0 saturated carbocycles. The second-order valence-electron chi connectivity index (χ2n) is 5.73. The highest BCUT2D eigenvalue weighted by atomic mass is 32.1. The summed E-state index contributed by atoms with van der Waals surface area (Å²) in [6.45, 7) is 2.34. The lowest BCUT2D eigenvalue weighted by atomic mass is 10.2. The van der Waals surface area contributed by atoms with Crippen molar-refractivity contribution in [1.29, 1.82) is 0 Å². The van der Waals surface area contributed by atoms with E-state index in [9.17, 15) is 4.79 Å². The molecule has 0 aliphatic rings. The summed E-state index contributed by atoms with van der Waals surface area (Å²) in [6, 6.07) is 7.05. The average Bonchev–Trinajstić information content (AvgIpc) is 3.35. The van der Waals surface area contributed by atoms with E-state index in [0.29, 0.717) is 29.5 Å². The number of anilines is 1. The van der Waals surface area contributed by atoms with Crippen molar-refractivity contribution >= 4 is 34.4 Å². The number of carbonyl (C=O) groups is 1. The lowest BCUT2D eigenvalue weighted by Crippen LogP contribution is -2.28. The number of methoxy groups -OCH3 is 3. The van der Waals surface area contributed by atoms with Crippen molar-refractivity contribution in [3.63, 3.8) is 0 Å². The largest absolute Gasteiger partial charge is 0.493 e. The molecule has 148 valence electrons. The summed E-state index contributed by atoms with van der Waals surface area (Å²) in [5, 5.41) is 8.64. The van der Waals surface area contributed by atoms with Crippen molar-refractivity contribution in [3.8, 4) is 27.1 Å². The Hall–Kier alpha value is -2.78. The van der Waals surface area contributed by atoms with Gasteiger partial charge in [0.2, 0.25) is 5.75 Å². The molecule has 1 aromatic carbocycles. The van der Waals surface area contributed by atoms with Gasteiger partial charge in [0.1, 0.15) is 5.01 Å². The number of rotatable bonds is 7. The van der Waals surface area contributed by atoms with Crippen molar-refractivity contribution in [2.45, 2.75) is 13.5 Å². The number of thiazole rings is 1. The molecule has 2 heterocycles. The van der Waals surface area contributed by atoms with Gasteiger partial charge in [0, 0.05) is 17.0 Å². The number of ether oxygens (including phenoxy) is 3. The predicted molar refractivity (Wildman–Crippen MR) is 112 cm³/mol. The molecule has 0 radical (unpaired) electrons. The number of carbonyl (C=O) groups excluding carboxylic acids is 1. The third-order valence-corrected chi connectivity index (χ3v) is 6.15. The van der Waals surface area contributed by atoms with Gasteiger partial charge in [-0.15, -0.1) is 22.7 Å². The van der Waals surface area contributed by atoms with Gasteiger partial charge in [0.25, 0.3) is 0 Å². The van der Waals surface area contributed by atoms with Crippen molar-refractivity contribution in [3.05, 3.63) is 40.2 Å². The van der Waals surface area contributed by atoms with E-state index < -0.39 is 0 Å². The first-order valence-electron chi connectivity index (χ1n) is 8.40. The van der Waals surface area contributed by atoms with Crippen LogP contribution in [0.2, 0.25) is 0 Å². The molecule has 7 nitrogen and oxygen atoms in total. The van der Waals surface area contributed by atoms with Crippen LogP contribution in [0.4, 0.5) is 10.5 Å². The van der Waals surface area contributed by atoms with Gasteiger partial charge in [-0.3, -0.25) is 0 Å². The summed E-state index contributed by atoms with van der Waals surface area (Å²) >= 11 is 3.23. The molecule has 2 N–H and O–H groups in total. The Morgan fingerprint density at radius 3 is 2.43 bits per heavy atom. The van der Waals surface area contributed by atoms with E-state index in [2.05, 4.69) is 15.6 Å². The highest BCUT2D eigenvalue weighted by Gasteiger charge is 2.15. The van der Waals surface area contributed by atoms with E-state index in [1.54, 1.807) is 34.8 Å². The third kappa shape index (κ3) is 4.37. The highest BCUT2D eigenvalue weighted by molar-refractivity contribution is 7.21. The first-order chi connectivity index (χ1) is 13.5.